The maximum absolute atomic E-state index is 14.0. The predicted octanol–water partition coefficient (Wildman–Crippen LogP) is 5.15. The van der Waals surface area contributed by atoms with Crippen LogP contribution in [0, 0.1) is 0 Å². The van der Waals surface area contributed by atoms with Crippen LogP contribution in [0.1, 0.15) is 23.2 Å². The molecule has 1 aromatic rings. The number of benzene rings is 1. The second-order valence-corrected chi connectivity index (χ2v) is 11.7. The lowest BCUT2D eigenvalue weighted by Crippen LogP contribution is -2.63. The van der Waals surface area contributed by atoms with E-state index in [0.717, 1.165) is 0 Å². The number of halogens is 9. The van der Waals surface area contributed by atoms with E-state index < -0.39 is 55.2 Å². The molecule has 1 saturated heterocycles. The van der Waals surface area contributed by atoms with Crippen LogP contribution >= 0.6 is 10.3 Å². The Hall–Kier alpha value is -1.48. The molecule has 0 radical (unpaired) electrons. The number of carbonyl (C=O) groups excluding carboxylic acids is 1. The van der Waals surface area contributed by atoms with Crippen molar-refractivity contribution >= 4 is 26.2 Å². The van der Waals surface area contributed by atoms with Crippen molar-refractivity contribution < 1.29 is 56.4 Å². The van der Waals surface area contributed by atoms with Gasteiger partial charge in [0.25, 0.3) is 0 Å². The van der Waals surface area contributed by atoms with E-state index in [2.05, 4.69) is 3.63 Å². The summed E-state index contributed by atoms with van der Waals surface area (Å²) in [5.41, 5.74) is 0.0166. The Morgan fingerprint density at radius 1 is 0.871 bits per heavy atom. The average molecular weight is 506 g/mol. The van der Waals surface area contributed by atoms with Crippen molar-refractivity contribution in [1.82, 2.24) is 0 Å². The zero-order valence-corrected chi connectivity index (χ0v) is 16.9. The highest BCUT2D eigenvalue weighted by Crippen LogP contribution is 2.61. The van der Waals surface area contributed by atoms with Crippen LogP contribution in [0.2, 0.25) is 0 Å². The molecule has 0 aliphatic carbocycles. The lowest BCUT2D eigenvalue weighted by Gasteiger charge is -2.37. The average Bonchev–Trinajstić information content (AvgIpc) is 3.08. The van der Waals surface area contributed by atoms with E-state index in [0.29, 0.717) is 0 Å². The summed E-state index contributed by atoms with van der Waals surface area (Å²) < 4.78 is 146. The van der Waals surface area contributed by atoms with Gasteiger partial charge in [-0.3, -0.25) is 4.79 Å². The molecule has 0 amide bonds. The molecular weight excluding hydrogens is 491 g/mol. The summed E-state index contributed by atoms with van der Waals surface area (Å²) in [5.74, 6) is -17.0. The van der Waals surface area contributed by atoms with E-state index in [-0.39, 0.29) is 29.9 Å². The highest BCUT2D eigenvalue weighted by atomic mass is 32.3. The lowest BCUT2D eigenvalue weighted by atomic mass is 10.1. The molecule has 1 aliphatic rings. The highest BCUT2D eigenvalue weighted by Gasteiger charge is 2.86. The van der Waals surface area contributed by atoms with E-state index in [9.17, 15) is 52.7 Å². The third-order valence-electron chi connectivity index (χ3n) is 4.44. The molecule has 0 bridgehead atoms. The Balaban J connectivity index is 2.39. The van der Waals surface area contributed by atoms with Crippen LogP contribution in [-0.2, 0) is 13.7 Å². The van der Waals surface area contributed by atoms with Gasteiger partial charge in [-0.05, 0) is 12.8 Å². The van der Waals surface area contributed by atoms with Gasteiger partial charge in [-0.2, -0.15) is 47.9 Å². The third kappa shape index (κ3) is 4.53. The number of Topliss-reactive ketones (excluding diaryl/α,β-unsaturated/α-hetero) is 1. The van der Waals surface area contributed by atoms with Gasteiger partial charge in [0.15, 0.2) is 5.78 Å². The first kappa shape index (κ1) is 25.8. The number of hydrogen-bond donors (Lipinski definition) is 0. The maximum atomic E-state index is 14.0. The van der Waals surface area contributed by atoms with Gasteiger partial charge in [0, 0.05) is 17.1 Å². The summed E-state index contributed by atoms with van der Waals surface area (Å²) in [6.45, 7) is 0. The van der Waals surface area contributed by atoms with Gasteiger partial charge >= 0.3 is 33.4 Å². The van der Waals surface area contributed by atoms with Crippen LogP contribution in [0.25, 0.3) is 0 Å². The molecule has 1 heterocycles. The van der Waals surface area contributed by atoms with Crippen LogP contribution in [-0.4, -0.2) is 54.7 Å². The number of rotatable bonds is 8. The van der Waals surface area contributed by atoms with Crippen molar-refractivity contribution in [3.05, 3.63) is 35.9 Å². The Morgan fingerprint density at radius 3 is 1.81 bits per heavy atom. The van der Waals surface area contributed by atoms with Gasteiger partial charge in [-0.1, -0.05) is 30.3 Å². The summed E-state index contributed by atoms with van der Waals surface area (Å²) in [7, 11) is -10.4. The molecule has 2 rings (SSSR count). The molecule has 0 N–H and O–H groups in total. The molecule has 0 atom stereocenters. The zero-order chi connectivity index (χ0) is 23.9. The lowest BCUT2D eigenvalue weighted by molar-refractivity contribution is -0.382. The van der Waals surface area contributed by atoms with Crippen molar-refractivity contribution in [2.24, 2.45) is 0 Å². The Kier molecular flexibility index (Phi) is 6.77. The molecule has 1 fully saturated rings. The monoisotopic (exact) mass is 506 g/mol. The fourth-order valence-electron chi connectivity index (χ4n) is 2.77. The van der Waals surface area contributed by atoms with E-state index in [4.69, 9.17) is 0 Å². The second-order valence-electron chi connectivity index (χ2n) is 6.70. The van der Waals surface area contributed by atoms with E-state index in [1.165, 1.54) is 30.3 Å². The molecule has 178 valence electrons. The van der Waals surface area contributed by atoms with Crippen molar-refractivity contribution in [3.8, 4) is 0 Å². The highest BCUT2D eigenvalue weighted by molar-refractivity contribution is 8.33. The summed E-state index contributed by atoms with van der Waals surface area (Å²) in [4.78, 5) is 12.4. The maximum Gasteiger partial charge on any atom is 0.460 e. The predicted molar refractivity (Wildman–Crippen MR) is 93.1 cm³/mol. The van der Waals surface area contributed by atoms with Crippen LogP contribution in [0.4, 0.5) is 39.5 Å². The Labute approximate surface area is 172 Å². The zero-order valence-electron chi connectivity index (χ0n) is 15.3. The van der Waals surface area contributed by atoms with Gasteiger partial charge in [-0.25, -0.2) is 3.63 Å². The number of ketones is 1. The number of alkyl halides is 9. The minimum absolute atomic E-state index is 0.0166. The van der Waals surface area contributed by atoms with Gasteiger partial charge < -0.3 is 0 Å². The van der Waals surface area contributed by atoms with Gasteiger partial charge in [-0.15, -0.1) is 10.3 Å². The largest absolute Gasteiger partial charge is 0.460 e. The first-order chi connectivity index (χ1) is 13.9. The molecule has 31 heavy (non-hydrogen) atoms. The third-order valence-corrected chi connectivity index (χ3v) is 10.0. The van der Waals surface area contributed by atoms with E-state index in [1.807, 2.05) is 0 Å². The summed E-state index contributed by atoms with van der Waals surface area (Å²) in [5, 5.41) is -6.93. The van der Waals surface area contributed by atoms with E-state index >= 15 is 0 Å². The van der Waals surface area contributed by atoms with E-state index in [1.54, 1.807) is 0 Å². The molecule has 15 heteroatoms. The van der Waals surface area contributed by atoms with Gasteiger partial charge in [0.05, 0.1) is 5.75 Å². The molecule has 1 aromatic carbocycles. The van der Waals surface area contributed by atoms with Crippen LogP contribution < -0.4 is 0 Å². The first-order valence-corrected chi connectivity index (χ1v) is 11.9. The van der Waals surface area contributed by atoms with Crippen molar-refractivity contribution in [3.63, 3.8) is 0 Å². The van der Waals surface area contributed by atoms with Crippen molar-refractivity contribution in [2.75, 3.05) is 17.3 Å². The number of carbonyl (C=O) groups is 1. The molecule has 0 saturated carbocycles. The molecular formula is C16H15F9O4S2. The minimum Gasteiger partial charge on any atom is -0.293 e. The van der Waals surface area contributed by atoms with Crippen molar-refractivity contribution in [2.45, 2.75) is 36.1 Å². The van der Waals surface area contributed by atoms with Crippen LogP contribution in [0.5, 0.6) is 0 Å². The molecule has 0 aromatic heterocycles. The quantitative estimate of drug-likeness (QED) is 0.361. The SMILES string of the molecule is O=C(CS1(OS(=O)(=O)C(F)(F)C(F)(F)C(F)(F)C(F)(F)F)CCCC1)c1ccccc1. The Morgan fingerprint density at radius 2 is 1.35 bits per heavy atom. The fourth-order valence-corrected chi connectivity index (χ4v) is 8.40. The molecule has 0 unspecified atom stereocenters. The summed E-state index contributed by atoms with van der Waals surface area (Å²) in [6.07, 6.45) is -6.88. The van der Waals surface area contributed by atoms with Crippen molar-refractivity contribution in [1.29, 1.82) is 0 Å². The van der Waals surface area contributed by atoms with Gasteiger partial charge in [0.2, 0.25) is 0 Å². The summed E-state index contributed by atoms with van der Waals surface area (Å²) >= 11 is 0. The standard InChI is InChI=1S/C16H15F9O4S2/c17-13(18,15(21,22)23)14(19,20)16(24,25)31(27,28)29-30(8-4-5-9-30)10-12(26)11-6-2-1-3-7-11/h1-3,6-7H,4-5,8-10H2. The summed E-state index contributed by atoms with van der Waals surface area (Å²) in [6, 6.07) is 6.97. The normalized spacial score (nSPS) is 19.3. The smallest absolute Gasteiger partial charge is 0.293 e. The minimum atomic E-state index is -7.38. The molecule has 1 aliphatic heterocycles. The second kappa shape index (κ2) is 8.14. The van der Waals surface area contributed by atoms with Crippen LogP contribution in [0.15, 0.2) is 30.3 Å². The van der Waals surface area contributed by atoms with Crippen LogP contribution in [0.3, 0.4) is 0 Å². The number of hydrogen-bond acceptors (Lipinski definition) is 4. The topological polar surface area (TPSA) is 60.4 Å². The molecule has 4 nitrogen and oxygen atoms in total. The fraction of sp³-hybridized carbons (Fsp3) is 0.562. The van der Waals surface area contributed by atoms with Gasteiger partial charge in [0.1, 0.15) is 0 Å². The first-order valence-electron chi connectivity index (χ1n) is 8.41. The Bertz CT molecular complexity index is 909. The molecule has 0 spiro atoms.